The zero-order valence-electron chi connectivity index (χ0n) is 14.8. The molecule has 1 heterocycles. The Balaban J connectivity index is 1.66. The van der Waals surface area contributed by atoms with Crippen molar-refractivity contribution in [2.24, 2.45) is 0 Å². The topological polar surface area (TPSA) is 21.1 Å². The van der Waals surface area contributed by atoms with Crippen LogP contribution in [0, 0.1) is 5.82 Å². The van der Waals surface area contributed by atoms with Crippen molar-refractivity contribution in [2.45, 2.75) is 31.2 Å². The van der Waals surface area contributed by atoms with E-state index in [0.717, 1.165) is 24.0 Å². The largest absolute Gasteiger partial charge is 0.343 e. The summed E-state index contributed by atoms with van der Waals surface area (Å²) in [5.74, 6) is 0.102. The van der Waals surface area contributed by atoms with E-state index in [-0.39, 0.29) is 11.7 Å². The molecule has 25 heavy (non-hydrogen) atoms. The molecule has 0 spiro atoms. The predicted molar refractivity (Wildman–Crippen MR) is 101 cm³/mol. The molecule has 0 radical (unpaired) electrons. The predicted octanol–water partition coefficient (Wildman–Crippen LogP) is 2.24. The van der Waals surface area contributed by atoms with Gasteiger partial charge in [-0.05, 0) is 35.4 Å². The Kier molecular flexibility index (Phi) is 6.46. The second-order valence-corrected chi connectivity index (χ2v) is 7.70. The van der Waals surface area contributed by atoms with Crippen LogP contribution < -0.4 is 10.2 Å². The first-order valence-electron chi connectivity index (χ1n) is 9.27. The van der Waals surface area contributed by atoms with Gasteiger partial charge in [0, 0.05) is 30.2 Å². The van der Waals surface area contributed by atoms with Crippen LogP contribution in [-0.4, -0.2) is 32.7 Å². The van der Waals surface area contributed by atoms with E-state index < -0.39 is 0 Å². The number of likely N-dealkylation sites (tertiary alicyclic amines) is 1. The second-order valence-electron chi connectivity index (χ2n) is 7.26. The van der Waals surface area contributed by atoms with E-state index in [2.05, 4.69) is 24.5 Å². The van der Waals surface area contributed by atoms with Crippen molar-refractivity contribution >= 4 is 11.6 Å². The number of hydrogen-bond donors (Lipinski definition) is 2. The van der Waals surface area contributed by atoms with Gasteiger partial charge in [0.1, 0.15) is 5.82 Å². The molecule has 3 rings (SSSR count). The van der Waals surface area contributed by atoms with Crippen molar-refractivity contribution in [3.8, 4) is 0 Å². The summed E-state index contributed by atoms with van der Waals surface area (Å²) in [6.45, 7) is 3.65. The molecule has 1 aliphatic rings. The summed E-state index contributed by atoms with van der Waals surface area (Å²) in [5, 5.41) is 3.26. The molecule has 1 fully saturated rings. The van der Waals surface area contributed by atoms with E-state index >= 15 is 0 Å². The van der Waals surface area contributed by atoms with Crippen molar-refractivity contribution < 1.29 is 14.6 Å². The van der Waals surface area contributed by atoms with Gasteiger partial charge in [-0.25, -0.2) is 4.39 Å². The highest BCUT2D eigenvalue weighted by atomic mass is 35.5. The highest BCUT2D eigenvalue weighted by Gasteiger charge is 2.22. The summed E-state index contributed by atoms with van der Waals surface area (Å²) in [4.78, 5) is 1.65. The van der Waals surface area contributed by atoms with Crippen LogP contribution in [0.5, 0.6) is 0 Å². The van der Waals surface area contributed by atoms with Crippen molar-refractivity contribution in [3.63, 3.8) is 0 Å². The minimum absolute atomic E-state index is 0.181. The number of piperidine rings is 1. The molecule has 0 saturated carbocycles. The Morgan fingerprint density at radius 3 is 2.20 bits per heavy atom. The summed E-state index contributed by atoms with van der Waals surface area (Å²) in [5.41, 5.74) is 2.42. The van der Waals surface area contributed by atoms with Crippen LogP contribution in [0.1, 0.15) is 36.3 Å². The third kappa shape index (κ3) is 5.27. The maximum atomic E-state index is 13.3. The molecule has 134 valence electrons. The van der Waals surface area contributed by atoms with Crippen LogP contribution in [0.4, 0.5) is 4.39 Å². The van der Waals surface area contributed by atoms with Crippen molar-refractivity contribution in [1.82, 2.24) is 0 Å². The molecule has 0 unspecified atom stereocenters. The van der Waals surface area contributed by atoms with Crippen molar-refractivity contribution in [3.05, 3.63) is 70.5 Å². The molecule has 0 bridgehead atoms. The number of benzene rings is 2. The zero-order valence-corrected chi connectivity index (χ0v) is 15.6. The molecule has 0 aliphatic carbocycles. The Hall–Kier alpha value is -1.42. The first kappa shape index (κ1) is 18.4. The average Bonchev–Trinajstić information content (AvgIpc) is 2.62. The van der Waals surface area contributed by atoms with Gasteiger partial charge in [0.05, 0.1) is 32.7 Å². The molecule has 4 heteroatoms. The summed E-state index contributed by atoms with van der Waals surface area (Å²) < 4.78 is 13.3. The van der Waals surface area contributed by atoms with E-state index in [0.29, 0.717) is 0 Å². The fraction of sp³-hybridized carbons (Fsp3) is 0.429. The summed E-state index contributed by atoms with van der Waals surface area (Å²) in [7, 11) is 2.28. The van der Waals surface area contributed by atoms with E-state index in [1.165, 1.54) is 37.1 Å². The molecule has 0 aromatic heterocycles. The number of hydrogen-bond acceptors (Lipinski definition) is 0. The Labute approximate surface area is 155 Å². The molecule has 2 aromatic carbocycles. The maximum Gasteiger partial charge on any atom is 0.123 e. The van der Waals surface area contributed by atoms with Gasteiger partial charge in [-0.1, -0.05) is 35.9 Å². The van der Waals surface area contributed by atoms with Crippen LogP contribution in [0.3, 0.4) is 0 Å². The molecule has 2 aromatic rings. The smallest absolute Gasteiger partial charge is 0.123 e. The third-order valence-electron chi connectivity index (χ3n) is 5.38. The van der Waals surface area contributed by atoms with E-state index in [9.17, 15) is 4.39 Å². The minimum Gasteiger partial charge on any atom is -0.343 e. The minimum atomic E-state index is -0.181. The first-order chi connectivity index (χ1) is 12.1. The summed E-state index contributed by atoms with van der Waals surface area (Å²) >= 11 is 6.04. The summed E-state index contributed by atoms with van der Waals surface area (Å²) in [6, 6.07) is 15.8. The Morgan fingerprint density at radius 1 is 1.04 bits per heavy atom. The van der Waals surface area contributed by atoms with Crippen LogP contribution in [0.25, 0.3) is 0 Å². The van der Waals surface area contributed by atoms with Gasteiger partial charge in [0.15, 0.2) is 0 Å². The summed E-state index contributed by atoms with van der Waals surface area (Å²) in [6.07, 6.45) is 3.65. The molecule has 1 saturated heterocycles. The van der Waals surface area contributed by atoms with E-state index in [1.807, 2.05) is 24.3 Å². The lowest BCUT2D eigenvalue weighted by atomic mass is 9.88. The standard InChI is InChI=1S/C21H26ClFN2/c1-25-14-11-20(12-15-25)24-13-10-21(16-2-6-18(22)7-3-16)17-4-8-19(23)9-5-17/h2-9,20-21,24H,10-15H2,1H3/p+2/t21-/m0/s1. The van der Waals surface area contributed by atoms with Crippen LogP contribution in [0.15, 0.2) is 48.5 Å². The lowest BCUT2D eigenvalue weighted by Crippen LogP contribution is -3.12. The highest BCUT2D eigenvalue weighted by Crippen LogP contribution is 2.28. The molecule has 1 atom stereocenters. The molecule has 3 N–H and O–H groups in total. The number of nitrogens with two attached hydrogens (primary N) is 1. The zero-order chi connectivity index (χ0) is 17.6. The van der Waals surface area contributed by atoms with Gasteiger partial charge in [-0.15, -0.1) is 0 Å². The number of nitrogens with one attached hydrogen (secondary N) is 1. The average molecular weight is 363 g/mol. The van der Waals surface area contributed by atoms with Gasteiger partial charge in [-0.3, -0.25) is 0 Å². The van der Waals surface area contributed by atoms with Crippen molar-refractivity contribution in [2.75, 3.05) is 26.7 Å². The number of quaternary nitrogens is 2. The van der Waals surface area contributed by atoms with Gasteiger partial charge in [-0.2, -0.15) is 0 Å². The number of rotatable bonds is 6. The highest BCUT2D eigenvalue weighted by molar-refractivity contribution is 6.30. The maximum absolute atomic E-state index is 13.3. The molecule has 2 nitrogen and oxygen atoms in total. The fourth-order valence-electron chi connectivity index (χ4n) is 3.78. The van der Waals surface area contributed by atoms with Crippen LogP contribution in [-0.2, 0) is 0 Å². The Bertz CT molecular complexity index is 603. The monoisotopic (exact) mass is 362 g/mol. The van der Waals surface area contributed by atoms with E-state index in [1.54, 1.807) is 17.0 Å². The molecular formula is C21H28ClFN2+2. The Morgan fingerprint density at radius 2 is 1.60 bits per heavy atom. The lowest BCUT2D eigenvalue weighted by molar-refractivity contribution is -0.894. The van der Waals surface area contributed by atoms with Crippen molar-refractivity contribution in [1.29, 1.82) is 0 Å². The van der Waals surface area contributed by atoms with Gasteiger partial charge in [0.2, 0.25) is 0 Å². The number of halogens is 2. The molecule has 1 aliphatic heterocycles. The lowest BCUT2D eigenvalue weighted by Gasteiger charge is -2.25. The van der Waals surface area contributed by atoms with Gasteiger partial charge >= 0.3 is 0 Å². The second kappa shape index (κ2) is 8.79. The fourth-order valence-corrected chi connectivity index (χ4v) is 3.91. The SMILES string of the molecule is C[NH+]1CCC([NH2+]CC[C@H](c2ccc(F)cc2)c2ccc(Cl)cc2)CC1. The molecular weight excluding hydrogens is 335 g/mol. The van der Waals surface area contributed by atoms with E-state index in [4.69, 9.17) is 11.6 Å². The van der Waals surface area contributed by atoms with Gasteiger partial charge in [0.25, 0.3) is 0 Å². The quantitative estimate of drug-likeness (QED) is 0.786. The van der Waals surface area contributed by atoms with Crippen LogP contribution in [0.2, 0.25) is 5.02 Å². The third-order valence-corrected chi connectivity index (χ3v) is 5.64. The first-order valence-corrected chi connectivity index (χ1v) is 9.65. The van der Waals surface area contributed by atoms with Crippen LogP contribution >= 0.6 is 11.6 Å². The van der Waals surface area contributed by atoms with Gasteiger partial charge < -0.3 is 10.2 Å². The molecule has 0 amide bonds. The normalized spacial score (nSPS) is 21.9.